The summed E-state index contributed by atoms with van der Waals surface area (Å²) in [6, 6.07) is 0. The largest absolute Gasteiger partial charge is 0.0842 e. The predicted octanol–water partition coefficient (Wildman–Crippen LogP) is 4.01. The van der Waals surface area contributed by atoms with Crippen molar-refractivity contribution in [2.45, 2.75) is 39.5 Å². The van der Waals surface area contributed by atoms with E-state index in [2.05, 4.69) is 38.2 Å². The first-order chi connectivity index (χ1) is 5.88. The van der Waals surface area contributed by atoms with Crippen molar-refractivity contribution in [1.82, 2.24) is 0 Å². The van der Waals surface area contributed by atoms with Gasteiger partial charge in [0.05, 0.1) is 0 Å². The maximum Gasteiger partial charge on any atom is -0.0271 e. The van der Waals surface area contributed by atoms with Crippen LogP contribution in [0.4, 0.5) is 0 Å². The van der Waals surface area contributed by atoms with E-state index < -0.39 is 0 Å². The van der Waals surface area contributed by atoms with E-state index in [1.807, 2.05) is 0 Å². The molecule has 1 aliphatic rings. The first-order valence-corrected chi connectivity index (χ1v) is 4.94. The van der Waals surface area contributed by atoms with Crippen molar-refractivity contribution in [2.24, 2.45) is 0 Å². The summed E-state index contributed by atoms with van der Waals surface area (Å²) in [6.45, 7) is 4.40. The molecule has 0 aromatic carbocycles. The lowest BCUT2D eigenvalue weighted by Crippen LogP contribution is -1.91. The molecule has 1 rings (SSSR count). The smallest absolute Gasteiger partial charge is 0.0271 e. The summed E-state index contributed by atoms with van der Waals surface area (Å²) in [5.74, 6) is 0. The molecule has 0 spiro atoms. The molecule has 0 N–H and O–H groups in total. The molecule has 0 fully saturated rings. The lowest BCUT2D eigenvalue weighted by Gasteiger charge is -2.10. The summed E-state index contributed by atoms with van der Waals surface area (Å²) in [4.78, 5) is 0. The number of hydrogen-bond donors (Lipinski definition) is 0. The van der Waals surface area contributed by atoms with Gasteiger partial charge in [-0.1, -0.05) is 38.2 Å². The highest BCUT2D eigenvalue weighted by atomic mass is 14.1. The summed E-state index contributed by atoms with van der Waals surface area (Å²) in [7, 11) is 0. The van der Waals surface area contributed by atoms with E-state index in [1.54, 1.807) is 0 Å². The lowest BCUT2D eigenvalue weighted by molar-refractivity contribution is 0.964. The molecule has 12 heavy (non-hydrogen) atoms. The van der Waals surface area contributed by atoms with Crippen LogP contribution in [0.25, 0.3) is 0 Å². The van der Waals surface area contributed by atoms with E-state index in [9.17, 15) is 0 Å². The second-order valence-electron chi connectivity index (χ2n) is 3.13. The van der Waals surface area contributed by atoms with Crippen molar-refractivity contribution >= 4 is 0 Å². The molecule has 0 bridgehead atoms. The van der Waals surface area contributed by atoms with Crippen molar-refractivity contribution in [2.75, 3.05) is 0 Å². The number of rotatable bonds is 3. The second kappa shape index (κ2) is 4.97. The van der Waals surface area contributed by atoms with Crippen LogP contribution in [0.1, 0.15) is 39.5 Å². The third kappa shape index (κ3) is 2.37. The fraction of sp³-hybridized carbons (Fsp3) is 0.500. The lowest BCUT2D eigenvalue weighted by atomic mass is 9.95. The Bertz CT molecular complexity index is 216. The van der Waals surface area contributed by atoms with Crippen LogP contribution in [-0.4, -0.2) is 0 Å². The predicted molar refractivity (Wildman–Crippen MR) is 55.1 cm³/mol. The number of allylic oxidation sites excluding steroid dienone is 6. The normalized spacial score (nSPS) is 17.8. The van der Waals surface area contributed by atoms with Gasteiger partial charge in [-0.2, -0.15) is 0 Å². The highest BCUT2D eigenvalue weighted by molar-refractivity contribution is 5.41. The van der Waals surface area contributed by atoms with E-state index in [0.29, 0.717) is 0 Å². The van der Waals surface area contributed by atoms with Gasteiger partial charge < -0.3 is 0 Å². The summed E-state index contributed by atoms with van der Waals surface area (Å²) >= 11 is 0. The Morgan fingerprint density at radius 1 is 1.25 bits per heavy atom. The molecule has 0 radical (unpaired) electrons. The highest BCUT2D eigenvalue weighted by Gasteiger charge is 2.02. The molecule has 0 saturated carbocycles. The first kappa shape index (κ1) is 9.31. The third-order valence-electron chi connectivity index (χ3n) is 2.21. The zero-order chi connectivity index (χ0) is 8.81. The van der Waals surface area contributed by atoms with Gasteiger partial charge in [0.25, 0.3) is 0 Å². The van der Waals surface area contributed by atoms with Gasteiger partial charge in [-0.3, -0.25) is 0 Å². The van der Waals surface area contributed by atoms with E-state index in [4.69, 9.17) is 0 Å². The van der Waals surface area contributed by atoms with Crippen molar-refractivity contribution in [3.63, 3.8) is 0 Å². The molecule has 0 unspecified atom stereocenters. The molecular weight excluding hydrogens is 144 g/mol. The summed E-state index contributed by atoms with van der Waals surface area (Å²) in [5, 5.41) is 0. The zero-order valence-electron chi connectivity index (χ0n) is 8.14. The van der Waals surface area contributed by atoms with E-state index in [1.165, 1.54) is 30.4 Å². The van der Waals surface area contributed by atoms with Gasteiger partial charge in [0.2, 0.25) is 0 Å². The Kier molecular flexibility index (Phi) is 3.86. The summed E-state index contributed by atoms with van der Waals surface area (Å²) < 4.78 is 0. The monoisotopic (exact) mass is 162 g/mol. The Balaban J connectivity index is 2.67. The van der Waals surface area contributed by atoms with Gasteiger partial charge in [-0.25, -0.2) is 0 Å². The third-order valence-corrected chi connectivity index (χ3v) is 2.21. The Labute approximate surface area is 75.7 Å². The fourth-order valence-electron chi connectivity index (χ4n) is 1.51. The van der Waals surface area contributed by atoms with Crippen LogP contribution in [0, 0.1) is 0 Å². The van der Waals surface area contributed by atoms with Crippen molar-refractivity contribution < 1.29 is 0 Å². The fourth-order valence-corrected chi connectivity index (χ4v) is 1.51. The molecule has 0 aromatic heterocycles. The maximum absolute atomic E-state index is 2.37. The van der Waals surface area contributed by atoms with E-state index >= 15 is 0 Å². The SMILES string of the molecule is CCC=CC1=CCCC=C1CC. The van der Waals surface area contributed by atoms with Gasteiger partial charge in [-0.05, 0) is 36.8 Å². The van der Waals surface area contributed by atoms with Crippen LogP contribution >= 0.6 is 0 Å². The van der Waals surface area contributed by atoms with Crippen LogP contribution in [-0.2, 0) is 0 Å². The van der Waals surface area contributed by atoms with E-state index in [0.717, 1.165) is 6.42 Å². The quantitative estimate of drug-likeness (QED) is 0.588. The average Bonchev–Trinajstić information content (AvgIpc) is 2.15. The zero-order valence-corrected chi connectivity index (χ0v) is 8.14. The standard InChI is InChI=1S/C12H18/c1-3-5-8-12-10-7-6-9-11(12)4-2/h5,8-10H,3-4,6-7H2,1-2H3. The average molecular weight is 162 g/mol. The van der Waals surface area contributed by atoms with E-state index in [-0.39, 0.29) is 0 Å². The molecule has 0 heteroatoms. The van der Waals surface area contributed by atoms with Crippen LogP contribution in [0.5, 0.6) is 0 Å². The molecule has 0 atom stereocenters. The van der Waals surface area contributed by atoms with Crippen molar-refractivity contribution in [3.8, 4) is 0 Å². The van der Waals surface area contributed by atoms with Crippen molar-refractivity contribution in [1.29, 1.82) is 0 Å². The van der Waals surface area contributed by atoms with Gasteiger partial charge in [0.1, 0.15) is 0 Å². The Morgan fingerprint density at radius 2 is 2.00 bits per heavy atom. The Hall–Kier alpha value is -0.780. The minimum atomic E-state index is 1.13. The van der Waals surface area contributed by atoms with Gasteiger partial charge in [-0.15, -0.1) is 0 Å². The molecule has 0 saturated heterocycles. The molecule has 0 nitrogen and oxygen atoms in total. The minimum Gasteiger partial charge on any atom is -0.0842 e. The summed E-state index contributed by atoms with van der Waals surface area (Å²) in [6.07, 6.45) is 14.0. The summed E-state index contributed by atoms with van der Waals surface area (Å²) in [5.41, 5.74) is 2.97. The second-order valence-corrected chi connectivity index (χ2v) is 3.13. The minimum absolute atomic E-state index is 1.13. The molecular formula is C12H18. The van der Waals surface area contributed by atoms with Gasteiger partial charge >= 0.3 is 0 Å². The van der Waals surface area contributed by atoms with Crippen LogP contribution < -0.4 is 0 Å². The molecule has 1 aliphatic carbocycles. The molecule has 0 aliphatic heterocycles. The molecule has 66 valence electrons. The van der Waals surface area contributed by atoms with Crippen LogP contribution in [0.15, 0.2) is 35.5 Å². The molecule has 0 aromatic rings. The number of hydrogen-bond acceptors (Lipinski definition) is 0. The van der Waals surface area contributed by atoms with Gasteiger partial charge in [0, 0.05) is 0 Å². The van der Waals surface area contributed by atoms with Gasteiger partial charge in [0.15, 0.2) is 0 Å². The molecule has 0 amide bonds. The topological polar surface area (TPSA) is 0 Å². The molecule has 0 heterocycles. The first-order valence-electron chi connectivity index (χ1n) is 4.94. The Morgan fingerprint density at radius 3 is 2.67 bits per heavy atom. The maximum atomic E-state index is 2.37. The highest BCUT2D eigenvalue weighted by Crippen LogP contribution is 2.22. The van der Waals surface area contributed by atoms with Crippen LogP contribution in [0.2, 0.25) is 0 Å². The van der Waals surface area contributed by atoms with Crippen LogP contribution in [0.3, 0.4) is 0 Å². The van der Waals surface area contributed by atoms with Crippen molar-refractivity contribution in [3.05, 3.63) is 35.5 Å².